The fourth-order valence-corrected chi connectivity index (χ4v) is 2.96. The Balaban J connectivity index is 2.55. The Hall–Kier alpha value is -0.790. The molecule has 1 aromatic carbocycles. The number of carboxylic acids is 1. The maximum Gasteiger partial charge on any atom is 0.330 e. The van der Waals surface area contributed by atoms with Crippen LogP contribution in [0.25, 0.3) is 0 Å². The summed E-state index contributed by atoms with van der Waals surface area (Å²) in [7, 11) is 0. The molecule has 4 nitrogen and oxygen atoms in total. The van der Waals surface area contributed by atoms with Gasteiger partial charge in [-0.25, -0.2) is 4.79 Å². The fourth-order valence-electron chi connectivity index (χ4n) is 1.34. The summed E-state index contributed by atoms with van der Waals surface area (Å²) < 4.78 is 5.79. The molecule has 0 unspecified atom stereocenters. The van der Waals surface area contributed by atoms with Gasteiger partial charge in [0, 0.05) is 17.0 Å². The molecule has 0 aliphatic carbocycles. The first-order chi connectivity index (χ1) is 9.31. The second-order valence-corrected chi connectivity index (χ2v) is 5.94. The molecule has 0 bridgehead atoms. The van der Waals surface area contributed by atoms with Crippen LogP contribution in [0.15, 0.2) is 24.3 Å². The van der Waals surface area contributed by atoms with E-state index < -0.39 is 11.9 Å². The summed E-state index contributed by atoms with van der Waals surface area (Å²) in [6, 6.07) is 3.11. The third-order valence-electron chi connectivity index (χ3n) is 2.34. The van der Waals surface area contributed by atoms with Gasteiger partial charge in [0.2, 0.25) is 0 Å². The van der Waals surface area contributed by atoms with Gasteiger partial charge < -0.3 is 9.84 Å². The summed E-state index contributed by atoms with van der Waals surface area (Å²) in [6.07, 6.45) is 0.670. The second kappa shape index (κ2) is 7.85. The van der Waals surface area contributed by atoms with Crippen LogP contribution < -0.4 is 4.74 Å². The Morgan fingerprint density at radius 3 is 2.50 bits per heavy atom. The van der Waals surface area contributed by atoms with Crippen molar-refractivity contribution < 1.29 is 19.4 Å². The third-order valence-corrected chi connectivity index (χ3v) is 3.64. The molecule has 1 rings (SSSR count). The minimum absolute atomic E-state index is 0.0666. The number of carbonyl (C=O) groups is 2. The largest absolute Gasteiger partial charge is 0.478 e. The predicted octanol–water partition coefficient (Wildman–Crippen LogP) is 4.31. The van der Waals surface area contributed by atoms with E-state index in [9.17, 15) is 9.59 Å². The van der Waals surface area contributed by atoms with Gasteiger partial charge in [-0.1, -0.05) is 29.8 Å². The molecule has 1 aromatic rings. The van der Waals surface area contributed by atoms with Gasteiger partial charge in [-0.3, -0.25) is 4.79 Å². The van der Waals surface area contributed by atoms with Crippen LogP contribution in [0.1, 0.15) is 19.3 Å². The lowest BCUT2D eigenvalue weighted by Crippen LogP contribution is -2.09. The van der Waals surface area contributed by atoms with Gasteiger partial charge in [-0.15, -0.1) is 0 Å². The number of carbonyl (C=O) groups excluding carboxylic acids is 1. The van der Waals surface area contributed by atoms with Crippen LogP contribution in [0.3, 0.4) is 0 Å². The number of ether oxygens (including phenoxy) is 1. The van der Waals surface area contributed by atoms with E-state index >= 15 is 0 Å². The van der Waals surface area contributed by atoms with E-state index in [4.69, 9.17) is 33.0 Å². The van der Waals surface area contributed by atoms with Gasteiger partial charge in [0.25, 0.3) is 0 Å². The second-order valence-electron chi connectivity index (χ2n) is 3.93. The number of carboxylic acid groups (broad SMARTS) is 1. The molecule has 0 aliphatic heterocycles. The van der Waals surface area contributed by atoms with Crippen molar-refractivity contribution in [3.05, 3.63) is 37.9 Å². The summed E-state index contributed by atoms with van der Waals surface area (Å²) in [5.41, 5.74) is 0.0666. The molecule has 0 aromatic heterocycles. The van der Waals surface area contributed by atoms with Crippen molar-refractivity contribution in [1.29, 1.82) is 0 Å². The summed E-state index contributed by atoms with van der Waals surface area (Å²) in [4.78, 5) is 22.2. The van der Waals surface area contributed by atoms with E-state index in [0.717, 1.165) is 0 Å². The first-order valence-electron chi connectivity index (χ1n) is 5.57. The number of aliphatic carboxylic acids is 1. The fraction of sp³-hybridized carbons (Fsp3) is 0.231. The zero-order valence-electron chi connectivity index (χ0n) is 10.3. The van der Waals surface area contributed by atoms with Crippen molar-refractivity contribution in [3.63, 3.8) is 0 Å². The molecule has 7 heteroatoms. The smallest absolute Gasteiger partial charge is 0.330 e. The summed E-state index contributed by atoms with van der Waals surface area (Å²) in [6.45, 7) is 3.38. The number of halogens is 3. The molecule has 0 saturated carbocycles. The van der Waals surface area contributed by atoms with Crippen LogP contribution in [-0.2, 0) is 9.59 Å². The molecular formula is C13H11Cl2IO4. The van der Waals surface area contributed by atoms with Crippen molar-refractivity contribution in [2.75, 3.05) is 0 Å². The Kier molecular flexibility index (Phi) is 6.78. The van der Waals surface area contributed by atoms with Crippen molar-refractivity contribution in [1.82, 2.24) is 0 Å². The molecule has 0 atom stereocenters. The maximum absolute atomic E-state index is 11.7. The lowest BCUT2D eigenvalue weighted by Gasteiger charge is -2.09. The summed E-state index contributed by atoms with van der Waals surface area (Å²) >= 11 is 13.7. The first-order valence-corrected chi connectivity index (χ1v) is 7.41. The zero-order valence-corrected chi connectivity index (χ0v) is 14.0. The molecule has 108 valence electrons. The lowest BCUT2D eigenvalue weighted by atomic mass is 10.1. The van der Waals surface area contributed by atoms with Gasteiger partial charge in [-0.05, 0) is 47.6 Å². The Morgan fingerprint density at radius 1 is 1.30 bits per heavy atom. The molecule has 0 radical (unpaired) electrons. The van der Waals surface area contributed by atoms with Crippen LogP contribution in [0, 0.1) is 3.57 Å². The highest BCUT2D eigenvalue weighted by Crippen LogP contribution is 2.33. The summed E-state index contributed by atoms with van der Waals surface area (Å²) in [5, 5.41) is 9.34. The van der Waals surface area contributed by atoms with Gasteiger partial charge >= 0.3 is 11.9 Å². The average molecular weight is 429 g/mol. The Labute approximate surface area is 139 Å². The third kappa shape index (κ3) is 5.30. The topological polar surface area (TPSA) is 63.6 Å². The van der Waals surface area contributed by atoms with E-state index in [2.05, 4.69) is 6.58 Å². The molecule has 0 aliphatic rings. The van der Waals surface area contributed by atoms with Crippen LogP contribution in [-0.4, -0.2) is 17.0 Å². The number of benzene rings is 1. The van der Waals surface area contributed by atoms with Gasteiger partial charge in [-0.2, -0.15) is 0 Å². The number of hydrogen-bond acceptors (Lipinski definition) is 3. The van der Waals surface area contributed by atoms with E-state index in [1.807, 2.05) is 22.6 Å². The Morgan fingerprint density at radius 2 is 1.95 bits per heavy atom. The SMILES string of the molecule is C=C(CCCC(=O)Oc1c(Cl)cc(Cl)cc1I)C(=O)O. The highest BCUT2D eigenvalue weighted by atomic mass is 127. The van der Waals surface area contributed by atoms with Crippen molar-refractivity contribution in [3.8, 4) is 5.75 Å². The lowest BCUT2D eigenvalue weighted by molar-refractivity contribution is -0.135. The van der Waals surface area contributed by atoms with Crippen LogP contribution in [0.2, 0.25) is 10.0 Å². The molecular weight excluding hydrogens is 418 g/mol. The summed E-state index contributed by atoms with van der Waals surface area (Å²) in [5.74, 6) is -1.28. The van der Waals surface area contributed by atoms with Gasteiger partial charge in [0.05, 0.1) is 8.59 Å². The molecule has 0 saturated heterocycles. The minimum Gasteiger partial charge on any atom is -0.478 e. The van der Waals surface area contributed by atoms with Crippen LogP contribution >= 0.6 is 45.8 Å². The average Bonchev–Trinajstić information content (AvgIpc) is 2.33. The molecule has 0 spiro atoms. The standard InChI is InChI=1S/C13H11Cl2IO4/c1-7(13(18)19)3-2-4-11(17)20-12-9(15)5-8(14)6-10(12)16/h5-6H,1-4H2,(H,18,19). The van der Waals surface area contributed by atoms with Crippen LogP contribution in [0.5, 0.6) is 5.75 Å². The van der Waals surface area contributed by atoms with E-state index in [-0.39, 0.29) is 29.2 Å². The Bertz CT molecular complexity index is 534. The highest BCUT2D eigenvalue weighted by molar-refractivity contribution is 14.1. The van der Waals surface area contributed by atoms with Crippen LogP contribution in [0.4, 0.5) is 0 Å². The number of rotatable bonds is 6. The molecule has 0 amide bonds. The first kappa shape index (κ1) is 17.3. The monoisotopic (exact) mass is 428 g/mol. The zero-order chi connectivity index (χ0) is 15.3. The van der Waals surface area contributed by atoms with Gasteiger partial charge in [0.1, 0.15) is 0 Å². The molecule has 1 N–H and O–H groups in total. The highest BCUT2D eigenvalue weighted by Gasteiger charge is 2.14. The number of hydrogen-bond donors (Lipinski definition) is 1. The van der Waals surface area contributed by atoms with E-state index in [1.165, 1.54) is 6.07 Å². The van der Waals surface area contributed by atoms with Gasteiger partial charge in [0.15, 0.2) is 5.75 Å². The molecule has 0 heterocycles. The maximum atomic E-state index is 11.7. The molecule has 20 heavy (non-hydrogen) atoms. The number of esters is 1. The molecule has 0 fully saturated rings. The normalized spacial score (nSPS) is 10.2. The van der Waals surface area contributed by atoms with Crippen molar-refractivity contribution >= 4 is 57.7 Å². The minimum atomic E-state index is -1.06. The van der Waals surface area contributed by atoms with Crippen molar-refractivity contribution in [2.45, 2.75) is 19.3 Å². The van der Waals surface area contributed by atoms with E-state index in [1.54, 1.807) is 6.07 Å². The van der Waals surface area contributed by atoms with E-state index in [0.29, 0.717) is 15.0 Å². The quantitative estimate of drug-likeness (QED) is 0.317. The predicted molar refractivity (Wildman–Crippen MR) is 85.4 cm³/mol. The van der Waals surface area contributed by atoms with Crippen molar-refractivity contribution in [2.24, 2.45) is 0 Å².